The molecule has 1 aliphatic heterocycles. The SMILES string of the molecule is Cc1cc(N2CCC(COc3ccccn3)CC2)ncc1[N+](=O)[O-]. The summed E-state index contributed by atoms with van der Waals surface area (Å²) in [6.07, 6.45) is 5.08. The van der Waals surface area contributed by atoms with E-state index in [9.17, 15) is 10.1 Å². The predicted molar refractivity (Wildman–Crippen MR) is 90.3 cm³/mol. The van der Waals surface area contributed by atoms with Gasteiger partial charge in [-0.1, -0.05) is 6.07 Å². The number of anilines is 1. The van der Waals surface area contributed by atoms with Crippen LogP contribution in [0.4, 0.5) is 11.5 Å². The molecule has 0 bridgehead atoms. The first-order valence-electron chi connectivity index (χ1n) is 8.03. The van der Waals surface area contributed by atoms with Gasteiger partial charge in [0.15, 0.2) is 0 Å². The minimum atomic E-state index is -0.396. The summed E-state index contributed by atoms with van der Waals surface area (Å²) >= 11 is 0. The fourth-order valence-electron chi connectivity index (χ4n) is 2.86. The second kappa shape index (κ2) is 7.25. The molecule has 126 valence electrons. The molecular formula is C17H20N4O3. The number of nitrogens with zero attached hydrogens (tertiary/aromatic N) is 4. The van der Waals surface area contributed by atoms with Gasteiger partial charge in [-0.15, -0.1) is 0 Å². The molecule has 0 aliphatic carbocycles. The molecule has 0 spiro atoms. The van der Waals surface area contributed by atoms with Crippen LogP contribution >= 0.6 is 0 Å². The Balaban J connectivity index is 1.53. The third kappa shape index (κ3) is 3.79. The van der Waals surface area contributed by atoms with Crippen molar-refractivity contribution in [2.24, 2.45) is 5.92 Å². The zero-order chi connectivity index (χ0) is 16.9. The lowest BCUT2D eigenvalue weighted by Gasteiger charge is -2.32. The molecule has 2 aromatic rings. The van der Waals surface area contributed by atoms with Crippen LogP contribution in [0.3, 0.4) is 0 Å². The lowest BCUT2D eigenvalue weighted by atomic mass is 9.98. The number of pyridine rings is 2. The average molecular weight is 328 g/mol. The molecule has 0 amide bonds. The van der Waals surface area contributed by atoms with Crippen LogP contribution in [-0.2, 0) is 0 Å². The highest BCUT2D eigenvalue weighted by atomic mass is 16.6. The van der Waals surface area contributed by atoms with Crippen molar-refractivity contribution in [1.82, 2.24) is 9.97 Å². The van der Waals surface area contributed by atoms with Crippen LogP contribution in [0.15, 0.2) is 36.7 Å². The quantitative estimate of drug-likeness (QED) is 0.620. The third-order valence-electron chi connectivity index (χ3n) is 4.31. The minimum absolute atomic E-state index is 0.0670. The highest BCUT2D eigenvalue weighted by molar-refractivity contribution is 5.48. The lowest BCUT2D eigenvalue weighted by molar-refractivity contribution is -0.385. The first kappa shape index (κ1) is 16.2. The molecular weight excluding hydrogens is 308 g/mol. The Kier molecular flexibility index (Phi) is 4.88. The number of aryl methyl sites for hydroxylation is 1. The molecule has 0 aromatic carbocycles. The molecule has 1 fully saturated rings. The smallest absolute Gasteiger partial charge is 0.290 e. The normalized spacial score (nSPS) is 15.3. The van der Waals surface area contributed by atoms with Crippen LogP contribution in [0.5, 0.6) is 5.88 Å². The molecule has 0 radical (unpaired) electrons. The summed E-state index contributed by atoms with van der Waals surface area (Å²) in [4.78, 5) is 21.1. The van der Waals surface area contributed by atoms with E-state index in [1.807, 2.05) is 18.2 Å². The van der Waals surface area contributed by atoms with Gasteiger partial charge in [0.25, 0.3) is 5.69 Å². The zero-order valence-corrected chi connectivity index (χ0v) is 13.6. The van der Waals surface area contributed by atoms with Crippen molar-refractivity contribution in [2.75, 3.05) is 24.6 Å². The number of nitro groups is 1. The van der Waals surface area contributed by atoms with Crippen molar-refractivity contribution in [2.45, 2.75) is 19.8 Å². The Morgan fingerprint density at radius 3 is 2.75 bits per heavy atom. The van der Waals surface area contributed by atoms with Crippen molar-refractivity contribution in [3.8, 4) is 5.88 Å². The fraction of sp³-hybridized carbons (Fsp3) is 0.412. The van der Waals surface area contributed by atoms with E-state index in [0.29, 0.717) is 24.0 Å². The molecule has 0 unspecified atom stereocenters. The third-order valence-corrected chi connectivity index (χ3v) is 4.31. The van der Waals surface area contributed by atoms with Crippen molar-refractivity contribution in [1.29, 1.82) is 0 Å². The lowest BCUT2D eigenvalue weighted by Crippen LogP contribution is -2.36. The first-order valence-corrected chi connectivity index (χ1v) is 8.03. The maximum absolute atomic E-state index is 10.9. The van der Waals surface area contributed by atoms with Gasteiger partial charge in [0.1, 0.15) is 12.0 Å². The molecule has 0 saturated carbocycles. The van der Waals surface area contributed by atoms with Gasteiger partial charge in [-0.05, 0) is 37.8 Å². The summed E-state index contributed by atoms with van der Waals surface area (Å²) in [5.41, 5.74) is 0.711. The van der Waals surface area contributed by atoms with Crippen molar-refractivity contribution in [3.05, 3.63) is 52.3 Å². The second-order valence-corrected chi connectivity index (χ2v) is 6.00. The molecule has 0 atom stereocenters. The zero-order valence-electron chi connectivity index (χ0n) is 13.6. The Hall–Kier alpha value is -2.70. The predicted octanol–water partition coefficient (Wildman–Crippen LogP) is 2.99. The monoisotopic (exact) mass is 328 g/mol. The van der Waals surface area contributed by atoms with Crippen molar-refractivity contribution in [3.63, 3.8) is 0 Å². The fourth-order valence-corrected chi connectivity index (χ4v) is 2.86. The van der Waals surface area contributed by atoms with E-state index in [-0.39, 0.29) is 5.69 Å². The molecule has 3 rings (SSSR count). The molecule has 1 aliphatic rings. The second-order valence-electron chi connectivity index (χ2n) is 6.00. The Morgan fingerprint density at radius 2 is 2.12 bits per heavy atom. The number of ether oxygens (including phenoxy) is 1. The number of hydrogen-bond acceptors (Lipinski definition) is 6. The maximum Gasteiger partial charge on any atom is 0.290 e. The first-order chi connectivity index (χ1) is 11.6. The van der Waals surface area contributed by atoms with Crippen molar-refractivity contribution < 1.29 is 9.66 Å². The van der Waals surface area contributed by atoms with Gasteiger partial charge >= 0.3 is 0 Å². The molecule has 3 heterocycles. The molecule has 24 heavy (non-hydrogen) atoms. The van der Waals surface area contributed by atoms with E-state index < -0.39 is 4.92 Å². The summed E-state index contributed by atoms with van der Waals surface area (Å²) in [5.74, 6) is 1.96. The summed E-state index contributed by atoms with van der Waals surface area (Å²) in [7, 11) is 0. The summed E-state index contributed by atoms with van der Waals surface area (Å²) in [6, 6.07) is 7.43. The highest BCUT2D eigenvalue weighted by Gasteiger charge is 2.22. The minimum Gasteiger partial charge on any atom is -0.477 e. The van der Waals surface area contributed by atoms with E-state index in [1.165, 1.54) is 6.20 Å². The highest BCUT2D eigenvalue weighted by Crippen LogP contribution is 2.26. The van der Waals surface area contributed by atoms with E-state index in [0.717, 1.165) is 31.7 Å². The Bertz CT molecular complexity index is 700. The van der Waals surface area contributed by atoms with Crippen LogP contribution in [0.1, 0.15) is 18.4 Å². The number of aromatic nitrogens is 2. The van der Waals surface area contributed by atoms with Crippen LogP contribution in [0.25, 0.3) is 0 Å². The molecule has 7 nitrogen and oxygen atoms in total. The molecule has 2 aromatic heterocycles. The number of piperidine rings is 1. The maximum atomic E-state index is 10.9. The summed E-state index contributed by atoms with van der Waals surface area (Å²) in [6.45, 7) is 4.16. The van der Waals surface area contributed by atoms with Gasteiger partial charge < -0.3 is 9.64 Å². The number of hydrogen-bond donors (Lipinski definition) is 0. The van der Waals surface area contributed by atoms with Crippen LogP contribution < -0.4 is 9.64 Å². The van der Waals surface area contributed by atoms with Gasteiger partial charge in [-0.2, -0.15) is 0 Å². The summed E-state index contributed by atoms with van der Waals surface area (Å²) < 4.78 is 5.73. The van der Waals surface area contributed by atoms with E-state index >= 15 is 0 Å². The van der Waals surface area contributed by atoms with Crippen LogP contribution in [-0.4, -0.2) is 34.6 Å². The largest absolute Gasteiger partial charge is 0.477 e. The molecule has 7 heteroatoms. The van der Waals surface area contributed by atoms with Gasteiger partial charge in [0.05, 0.1) is 11.5 Å². The van der Waals surface area contributed by atoms with Crippen LogP contribution in [0, 0.1) is 23.0 Å². The van der Waals surface area contributed by atoms with Gasteiger partial charge in [-0.3, -0.25) is 10.1 Å². The summed E-state index contributed by atoms with van der Waals surface area (Å²) in [5, 5.41) is 10.9. The van der Waals surface area contributed by atoms with E-state index in [4.69, 9.17) is 4.74 Å². The van der Waals surface area contributed by atoms with E-state index in [1.54, 1.807) is 19.2 Å². The van der Waals surface area contributed by atoms with Gasteiger partial charge in [0.2, 0.25) is 5.88 Å². The van der Waals surface area contributed by atoms with Crippen LogP contribution in [0.2, 0.25) is 0 Å². The van der Waals surface area contributed by atoms with E-state index in [2.05, 4.69) is 14.9 Å². The molecule has 0 N–H and O–H groups in total. The Morgan fingerprint density at radius 1 is 1.33 bits per heavy atom. The average Bonchev–Trinajstić information content (AvgIpc) is 2.61. The molecule has 1 saturated heterocycles. The van der Waals surface area contributed by atoms with Crippen molar-refractivity contribution >= 4 is 11.5 Å². The topological polar surface area (TPSA) is 81.4 Å². The standard InChI is InChI=1S/C17H20N4O3/c1-13-10-16(19-11-15(13)21(22)23)20-8-5-14(6-9-20)12-24-17-4-2-3-7-18-17/h2-4,7,10-11,14H,5-6,8-9,12H2,1H3. The number of rotatable bonds is 5. The van der Waals surface area contributed by atoms with Gasteiger partial charge in [-0.25, -0.2) is 9.97 Å². The van der Waals surface area contributed by atoms with Gasteiger partial charge in [0, 0.05) is 30.9 Å². The Labute approximate surface area is 140 Å².